The van der Waals surface area contributed by atoms with E-state index in [1.807, 2.05) is 0 Å². The Labute approximate surface area is 127 Å². The van der Waals surface area contributed by atoms with Gasteiger partial charge in [-0.15, -0.1) is 0 Å². The number of hydroxylamine groups is 3. The molecule has 1 N–H and O–H groups in total. The zero-order chi connectivity index (χ0) is 15.1. The summed E-state index contributed by atoms with van der Waals surface area (Å²) in [6.45, 7) is 5.09. The first kappa shape index (κ1) is 19.9. The van der Waals surface area contributed by atoms with Crippen LogP contribution < -0.4 is 5.32 Å². The molecule has 0 saturated carbocycles. The summed E-state index contributed by atoms with van der Waals surface area (Å²) in [7, 11) is 3.42. The fourth-order valence-electron chi connectivity index (χ4n) is 2.45. The first-order chi connectivity index (χ1) is 9.56. The minimum Gasteiger partial charge on any atom is -0.633 e. The monoisotopic (exact) mass is 286 g/mol. The number of hydrogen-bond donors (Lipinski definition) is 1. The Kier molecular flexibility index (Phi) is 13.8. The third kappa shape index (κ3) is 17.9. The van der Waals surface area contributed by atoms with Gasteiger partial charge in [0.05, 0.1) is 20.6 Å². The van der Waals surface area contributed by atoms with E-state index >= 15 is 0 Å². The Morgan fingerprint density at radius 3 is 1.65 bits per heavy atom. The van der Waals surface area contributed by atoms with Crippen molar-refractivity contribution in [1.82, 2.24) is 5.32 Å². The van der Waals surface area contributed by atoms with E-state index in [1.54, 1.807) is 14.1 Å². The molecule has 0 aliphatic rings. The van der Waals surface area contributed by atoms with Gasteiger partial charge in [-0.1, -0.05) is 64.7 Å². The van der Waals surface area contributed by atoms with Crippen LogP contribution in [0.25, 0.3) is 0 Å². The fraction of sp³-hybridized carbons (Fsp3) is 1.00. The van der Waals surface area contributed by atoms with Crippen molar-refractivity contribution >= 4 is 0 Å². The molecule has 0 radical (unpaired) electrons. The minimum absolute atomic E-state index is 0.167. The summed E-state index contributed by atoms with van der Waals surface area (Å²) < 4.78 is -0.167. The van der Waals surface area contributed by atoms with Crippen LogP contribution in [-0.4, -0.2) is 38.4 Å². The van der Waals surface area contributed by atoms with E-state index in [0.29, 0.717) is 6.54 Å². The summed E-state index contributed by atoms with van der Waals surface area (Å²) in [4.78, 5) is 0. The van der Waals surface area contributed by atoms with Gasteiger partial charge in [0.1, 0.15) is 0 Å². The SMILES string of the molecule is CCCCCCCCCCCCNCCC[N+](C)(C)[O-]. The lowest BCUT2D eigenvalue weighted by atomic mass is 10.1. The van der Waals surface area contributed by atoms with Gasteiger partial charge < -0.3 is 15.2 Å². The number of rotatable bonds is 15. The molecule has 0 aliphatic carbocycles. The Bertz CT molecular complexity index is 190. The topological polar surface area (TPSA) is 35.1 Å². The number of hydrogen-bond acceptors (Lipinski definition) is 2. The van der Waals surface area contributed by atoms with E-state index in [0.717, 1.165) is 19.5 Å². The normalized spacial score (nSPS) is 12.0. The second kappa shape index (κ2) is 13.8. The predicted octanol–water partition coefficient (Wildman–Crippen LogP) is 4.46. The molecule has 0 amide bonds. The van der Waals surface area contributed by atoms with E-state index in [2.05, 4.69) is 12.2 Å². The summed E-state index contributed by atoms with van der Waals surface area (Å²) in [6.07, 6.45) is 14.9. The number of nitrogens with zero attached hydrogens (tertiary/aromatic N) is 1. The molecule has 122 valence electrons. The van der Waals surface area contributed by atoms with Gasteiger partial charge in [0, 0.05) is 13.0 Å². The fourth-order valence-corrected chi connectivity index (χ4v) is 2.45. The average molecular weight is 287 g/mol. The maximum atomic E-state index is 11.3. The van der Waals surface area contributed by atoms with Crippen molar-refractivity contribution in [2.75, 3.05) is 33.7 Å². The summed E-state index contributed by atoms with van der Waals surface area (Å²) >= 11 is 0. The molecule has 3 heteroatoms. The lowest BCUT2D eigenvalue weighted by Crippen LogP contribution is -2.34. The van der Waals surface area contributed by atoms with Gasteiger partial charge in [0.25, 0.3) is 0 Å². The van der Waals surface area contributed by atoms with E-state index in [4.69, 9.17) is 0 Å². The zero-order valence-corrected chi connectivity index (χ0v) is 14.3. The van der Waals surface area contributed by atoms with E-state index < -0.39 is 0 Å². The van der Waals surface area contributed by atoms with Crippen molar-refractivity contribution in [2.45, 2.75) is 77.6 Å². The van der Waals surface area contributed by atoms with Crippen molar-refractivity contribution < 1.29 is 4.65 Å². The molecule has 0 heterocycles. The molecule has 0 atom stereocenters. The van der Waals surface area contributed by atoms with Gasteiger partial charge in [0.15, 0.2) is 0 Å². The summed E-state index contributed by atoms with van der Waals surface area (Å²) in [5, 5.41) is 14.8. The smallest absolute Gasteiger partial charge is 0.0792 e. The van der Waals surface area contributed by atoms with Crippen molar-refractivity contribution in [3.63, 3.8) is 0 Å². The molecule has 20 heavy (non-hydrogen) atoms. The Morgan fingerprint density at radius 2 is 1.15 bits per heavy atom. The number of quaternary nitrogens is 1. The minimum atomic E-state index is -0.167. The standard InChI is InChI=1S/C17H38N2O/c1-4-5-6-7-8-9-10-11-12-13-15-18-16-14-17-19(2,3)20/h18H,4-17H2,1-3H3. The molecule has 0 unspecified atom stereocenters. The summed E-state index contributed by atoms with van der Waals surface area (Å²) in [5.74, 6) is 0. The second-order valence-electron chi connectivity index (χ2n) is 6.58. The highest BCUT2D eigenvalue weighted by Gasteiger charge is 2.00. The van der Waals surface area contributed by atoms with Crippen molar-refractivity contribution in [1.29, 1.82) is 0 Å². The van der Waals surface area contributed by atoms with Crippen molar-refractivity contribution in [3.8, 4) is 0 Å². The molecule has 3 nitrogen and oxygen atoms in total. The van der Waals surface area contributed by atoms with Crippen LogP contribution in [-0.2, 0) is 0 Å². The van der Waals surface area contributed by atoms with Gasteiger partial charge in [-0.25, -0.2) is 0 Å². The lowest BCUT2D eigenvalue weighted by molar-refractivity contribution is -0.840. The quantitative estimate of drug-likeness (QED) is 0.274. The molecular formula is C17H38N2O. The molecular weight excluding hydrogens is 248 g/mol. The molecule has 0 aromatic carbocycles. The van der Waals surface area contributed by atoms with Gasteiger partial charge in [0.2, 0.25) is 0 Å². The highest BCUT2D eigenvalue weighted by atomic mass is 16.5. The van der Waals surface area contributed by atoms with E-state index in [-0.39, 0.29) is 4.65 Å². The Hall–Kier alpha value is -0.120. The highest BCUT2D eigenvalue weighted by Crippen LogP contribution is 2.10. The van der Waals surface area contributed by atoms with Crippen LogP contribution in [0.15, 0.2) is 0 Å². The van der Waals surface area contributed by atoms with Crippen LogP contribution >= 0.6 is 0 Å². The maximum Gasteiger partial charge on any atom is 0.0792 e. The Balaban J connectivity index is 2.99. The summed E-state index contributed by atoms with van der Waals surface area (Å²) in [5.41, 5.74) is 0. The average Bonchev–Trinajstić information content (AvgIpc) is 2.38. The highest BCUT2D eigenvalue weighted by molar-refractivity contribution is 4.51. The molecule has 0 aromatic heterocycles. The second-order valence-corrected chi connectivity index (χ2v) is 6.58. The van der Waals surface area contributed by atoms with E-state index in [9.17, 15) is 5.21 Å². The van der Waals surface area contributed by atoms with Gasteiger partial charge >= 0.3 is 0 Å². The largest absolute Gasteiger partial charge is 0.633 e. The van der Waals surface area contributed by atoms with Crippen LogP contribution in [0.5, 0.6) is 0 Å². The van der Waals surface area contributed by atoms with Crippen LogP contribution in [0.4, 0.5) is 0 Å². The summed E-state index contributed by atoms with van der Waals surface area (Å²) in [6, 6.07) is 0. The van der Waals surface area contributed by atoms with Crippen LogP contribution in [0.1, 0.15) is 77.6 Å². The Morgan fingerprint density at radius 1 is 0.700 bits per heavy atom. The maximum absolute atomic E-state index is 11.3. The zero-order valence-electron chi connectivity index (χ0n) is 14.3. The first-order valence-electron chi connectivity index (χ1n) is 8.81. The molecule has 0 fully saturated rings. The number of unbranched alkanes of at least 4 members (excludes halogenated alkanes) is 9. The molecule has 0 aromatic rings. The molecule has 0 saturated heterocycles. The number of nitrogens with one attached hydrogen (secondary N) is 1. The van der Waals surface area contributed by atoms with Crippen LogP contribution in [0.3, 0.4) is 0 Å². The van der Waals surface area contributed by atoms with Gasteiger partial charge in [-0.3, -0.25) is 0 Å². The molecule has 0 rings (SSSR count). The van der Waals surface area contributed by atoms with E-state index in [1.165, 1.54) is 64.2 Å². The molecule has 0 spiro atoms. The van der Waals surface area contributed by atoms with Gasteiger partial charge in [-0.05, 0) is 13.0 Å². The van der Waals surface area contributed by atoms with Gasteiger partial charge in [-0.2, -0.15) is 0 Å². The molecule has 0 bridgehead atoms. The third-order valence-electron chi connectivity index (χ3n) is 3.76. The van der Waals surface area contributed by atoms with Crippen LogP contribution in [0, 0.1) is 5.21 Å². The first-order valence-corrected chi connectivity index (χ1v) is 8.81. The molecule has 0 aliphatic heterocycles. The third-order valence-corrected chi connectivity index (χ3v) is 3.76. The van der Waals surface area contributed by atoms with Crippen LogP contribution in [0.2, 0.25) is 0 Å². The lowest BCUT2D eigenvalue weighted by Gasteiger charge is -2.33. The van der Waals surface area contributed by atoms with Crippen molar-refractivity contribution in [3.05, 3.63) is 5.21 Å². The predicted molar refractivity (Wildman–Crippen MR) is 89.7 cm³/mol. The van der Waals surface area contributed by atoms with Crippen molar-refractivity contribution in [2.24, 2.45) is 0 Å².